The van der Waals surface area contributed by atoms with E-state index < -0.39 is 5.97 Å². The van der Waals surface area contributed by atoms with E-state index in [-0.39, 0.29) is 17.9 Å². The summed E-state index contributed by atoms with van der Waals surface area (Å²) in [7, 11) is 1.90. The van der Waals surface area contributed by atoms with Crippen molar-refractivity contribution >= 4 is 11.9 Å². The minimum atomic E-state index is -0.720. The van der Waals surface area contributed by atoms with Crippen LogP contribution < -0.4 is 5.32 Å². The number of hydrogen-bond donors (Lipinski definition) is 2. The molecule has 1 fully saturated rings. The van der Waals surface area contributed by atoms with Crippen LogP contribution in [0.3, 0.4) is 0 Å². The van der Waals surface area contributed by atoms with Crippen LogP contribution in [0.2, 0.25) is 0 Å². The van der Waals surface area contributed by atoms with Crippen LogP contribution in [0.4, 0.5) is 0 Å². The summed E-state index contributed by atoms with van der Waals surface area (Å²) in [6, 6.07) is 3.97. The third kappa shape index (κ3) is 5.11. The van der Waals surface area contributed by atoms with Gasteiger partial charge in [-0.25, -0.2) is 0 Å². The van der Waals surface area contributed by atoms with Crippen LogP contribution in [0.25, 0.3) is 0 Å². The summed E-state index contributed by atoms with van der Waals surface area (Å²) in [6.07, 6.45) is 6.27. The van der Waals surface area contributed by atoms with E-state index in [2.05, 4.69) is 10.3 Å². The second-order valence-electron chi connectivity index (χ2n) is 5.98. The number of carbonyl (C=O) groups is 2. The number of pyridine rings is 1. The fraction of sp³-hybridized carbons (Fsp3) is 0.562. The molecule has 1 heterocycles. The Kier molecular flexibility index (Phi) is 5.89. The molecule has 6 heteroatoms. The predicted octanol–water partition coefficient (Wildman–Crippen LogP) is 1.27. The number of aromatic nitrogens is 1. The van der Waals surface area contributed by atoms with Crippen LogP contribution in [0.5, 0.6) is 0 Å². The van der Waals surface area contributed by atoms with Gasteiger partial charge in [0.15, 0.2) is 0 Å². The number of amides is 1. The van der Waals surface area contributed by atoms with Crippen molar-refractivity contribution in [1.82, 2.24) is 15.2 Å². The SMILES string of the molecule is CN(CC(=O)NC1CCC(C(=O)O)CC1)Cc1ccncc1. The molecule has 1 aromatic rings. The van der Waals surface area contributed by atoms with Gasteiger partial charge in [-0.05, 0) is 50.4 Å². The zero-order valence-electron chi connectivity index (χ0n) is 12.9. The maximum atomic E-state index is 12.0. The topological polar surface area (TPSA) is 82.5 Å². The van der Waals surface area contributed by atoms with Crippen molar-refractivity contribution in [2.75, 3.05) is 13.6 Å². The summed E-state index contributed by atoms with van der Waals surface area (Å²) < 4.78 is 0. The van der Waals surface area contributed by atoms with Gasteiger partial charge in [0.1, 0.15) is 0 Å². The lowest BCUT2D eigenvalue weighted by Gasteiger charge is -2.27. The van der Waals surface area contributed by atoms with E-state index >= 15 is 0 Å². The average Bonchev–Trinajstić information content (AvgIpc) is 2.48. The molecule has 6 nitrogen and oxygen atoms in total. The minimum absolute atomic E-state index is 0.00432. The average molecular weight is 305 g/mol. The van der Waals surface area contributed by atoms with Gasteiger partial charge in [-0.2, -0.15) is 0 Å². The smallest absolute Gasteiger partial charge is 0.306 e. The quantitative estimate of drug-likeness (QED) is 0.827. The predicted molar refractivity (Wildman–Crippen MR) is 82.1 cm³/mol. The van der Waals surface area contributed by atoms with Crippen molar-refractivity contribution in [2.24, 2.45) is 5.92 Å². The molecule has 1 aliphatic carbocycles. The Hall–Kier alpha value is -1.95. The molecule has 1 aromatic heterocycles. The summed E-state index contributed by atoms with van der Waals surface area (Å²) >= 11 is 0. The highest BCUT2D eigenvalue weighted by Gasteiger charge is 2.26. The molecule has 1 aliphatic rings. The van der Waals surface area contributed by atoms with Gasteiger partial charge in [-0.3, -0.25) is 19.5 Å². The molecule has 1 amide bonds. The van der Waals surface area contributed by atoms with Gasteiger partial charge < -0.3 is 10.4 Å². The number of carboxylic acids is 1. The fourth-order valence-electron chi connectivity index (χ4n) is 2.86. The number of nitrogens with one attached hydrogen (secondary N) is 1. The fourth-order valence-corrected chi connectivity index (χ4v) is 2.86. The van der Waals surface area contributed by atoms with Crippen LogP contribution in [-0.2, 0) is 16.1 Å². The summed E-state index contributed by atoms with van der Waals surface area (Å²) in [6.45, 7) is 1.03. The molecule has 0 aromatic carbocycles. The molecule has 22 heavy (non-hydrogen) atoms. The van der Waals surface area contributed by atoms with Gasteiger partial charge in [-0.1, -0.05) is 0 Å². The molecule has 0 spiro atoms. The second-order valence-corrected chi connectivity index (χ2v) is 5.98. The van der Waals surface area contributed by atoms with E-state index in [9.17, 15) is 9.59 Å². The summed E-state index contributed by atoms with van der Waals surface area (Å²) in [5.74, 6) is -0.972. The van der Waals surface area contributed by atoms with Crippen molar-refractivity contribution in [3.8, 4) is 0 Å². The van der Waals surface area contributed by atoms with Crippen LogP contribution >= 0.6 is 0 Å². The van der Waals surface area contributed by atoms with Crippen LogP contribution in [0.15, 0.2) is 24.5 Å². The number of carbonyl (C=O) groups excluding carboxylic acids is 1. The van der Waals surface area contributed by atoms with E-state index in [4.69, 9.17) is 5.11 Å². The largest absolute Gasteiger partial charge is 0.481 e. The van der Waals surface area contributed by atoms with Gasteiger partial charge in [0, 0.05) is 25.0 Å². The van der Waals surface area contributed by atoms with Crippen molar-refractivity contribution in [1.29, 1.82) is 0 Å². The number of hydrogen-bond acceptors (Lipinski definition) is 4. The van der Waals surface area contributed by atoms with Crippen molar-refractivity contribution in [3.63, 3.8) is 0 Å². The lowest BCUT2D eigenvalue weighted by atomic mass is 9.86. The lowest BCUT2D eigenvalue weighted by molar-refractivity contribution is -0.142. The summed E-state index contributed by atoms with van der Waals surface area (Å²) in [4.78, 5) is 28.9. The van der Waals surface area contributed by atoms with Gasteiger partial charge in [0.25, 0.3) is 0 Å². The molecule has 2 rings (SSSR count). The van der Waals surface area contributed by atoms with Crippen LogP contribution in [0, 0.1) is 5.92 Å². The van der Waals surface area contributed by atoms with E-state index in [0.717, 1.165) is 18.4 Å². The van der Waals surface area contributed by atoms with Gasteiger partial charge in [0.2, 0.25) is 5.91 Å². The number of likely N-dealkylation sites (N-methyl/N-ethyl adjacent to an activating group) is 1. The zero-order valence-corrected chi connectivity index (χ0v) is 12.9. The third-order valence-electron chi connectivity index (χ3n) is 4.06. The van der Waals surface area contributed by atoms with Crippen LogP contribution in [0.1, 0.15) is 31.2 Å². The first-order valence-corrected chi connectivity index (χ1v) is 7.64. The van der Waals surface area contributed by atoms with E-state index in [1.807, 2.05) is 24.1 Å². The lowest BCUT2D eigenvalue weighted by Crippen LogP contribution is -2.43. The number of nitrogens with zero attached hydrogens (tertiary/aromatic N) is 2. The Balaban J connectivity index is 1.71. The second kappa shape index (κ2) is 7.89. The summed E-state index contributed by atoms with van der Waals surface area (Å²) in [5, 5.41) is 12.0. The Labute approximate surface area is 130 Å². The van der Waals surface area contributed by atoms with Crippen molar-refractivity contribution in [2.45, 2.75) is 38.3 Å². The molecule has 0 saturated heterocycles. The molecule has 2 N–H and O–H groups in total. The standard InChI is InChI=1S/C16H23N3O3/c1-19(10-12-6-8-17-9-7-12)11-15(20)18-14-4-2-13(3-5-14)16(21)22/h6-9,13-14H,2-5,10-11H2,1H3,(H,18,20)(H,21,22). The summed E-state index contributed by atoms with van der Waals surface area (Å²) in [5.41, 5.74) is 1.12. The molecule has 0 radical (unpaired) electrons. The molecule has 0 unspecified atom stereocenters. The molecular formula is C16H23N3O3. The first-order valence-electron chi connectivity index (χ1n) is 7.64. The Morgan fingerprint density at radius 3 is 2.50 bits per heavy atom. The normalized spacial score (nSPS) is 21.5. The highest BCUT2D eigenvalue weighted by molar-refractivity contribution is 5.78. The molecule has 0 bridgehead atoms. The van der Waals surface area contributed by atoms with E-state index in [1.54, 1.807) is 12.4 Å². The molecule has 1 saturated carbocycles. The van der Waals surface area contributed by atoms with Gasteiger partial charge >= 0.3 is 5.97 Å². The Bertz CT molecular complexity index is 499. The van der Waals surface area contributed by atoms with E-state index in [0.29, 0.717) is 25.9 Å². The number of aliphatic carboxylic acids is 1. The van der Waals surface area contributed by atoms with Gasteiger partial charge in [0.05, 0.1) is 12.5 Å². The van der Waals surface area contributed by atoms with Crippen LogP contribution in [-0.4, -0.2) is 46.5 Å². The first-order chi connectivity index (χ1) is 10.5. The molecule has 120 valence electrons. The van der Waals surface area contributed by atoms with Gasteiger partial charge in [-0.15, -0.1) is 0 Å². The first kappa shape index (κ1) is 16.4. The highest BCUT2D eigenvalue weighted by Crippen LogP contribution is 2.24. The molecule has 0 aliphatic heterocycles. The third-order valence-corrected chi connectivity index (χ3v) is 4.06. The maximum absolute atomic E-state index is 12.0. The number of carboxylic acid groups (broad SMARTS) is 1. The molecule has 0 atom stereocenters. The highest BCUT2D eigenvalue weighted by atomic mass is 16.4. The Morgan fingerprint density at radius 1 is 1.27 bits per heavy atom. The number of rotatable bonds is 6. The van der Waals surface area contributed by atoms with Crippen molar-refractivity contribution in [3.05, 3.63) is 30.1 Å². The monoisotopic (exact) mass is 305 g/mol. The van der Waals surface area contributed by atoms with Crippen molar-refractivity contribution < 1.29 is 14.7 Å². The van der Waals surface area contributed by atoms with E-state index in [1.165, 1.54) is 0 Å². The molecular weight excluding hydrogens is 282 g/mol. The zero-order chi connectivity index (χ0) is 15.9. The Morgan fingerprint density at radius 2 is 1.91 bits per heavy atom. The maximum Gasteiger partial charge on any atom is 0.306 e. The minimum Gasteiger partial charge on any atom is -0.481 e.